The number of carbonyl (C=O) groups is 1. The van der Waals surface area contributed by atoms with E-state index in [9.17, 15) is 4.79 Å². The molecule has 0 spiro atoms. The Kier molecular flexibility index (Phi) is 5.58. The zero-order chi connectivity index (χ0) is 14.5. The summed E-state index contributed by atoms with van der Waals surface area (Å²) in [7, 11) is 0. The molecule has 0 aliphatic heterocycles. The Morgan fingerprint density at radius 2 is 2.10 bits per heavy atom. The van der Waals surface area contributed by atoms with Gasteiger partial charge in [0, 0.05) is 18.8 Å². The van der Waals surface area contributed by atoms with E-state index in [4.69, 9.17) is 0 Å². The molecule has 0 radical (unpaired) electrons. The molecular formula is C16H23BrN2O. The Morgan fingerprint density at radius 1 is 1.40 bits per heavy atom. The molecule has 0 atom stereocenters. The van der Waals surface area contributed by atoms with Gasteiger partial charge in [0.15, 0.2) is 0 Å². The van der Waals surface area contributed by atoms with Crippen LogP contribution in [0.1, 0.15) is 56.3 Å². The Hall–Kier alpha value is -0.900. The molecule has 20 heavy (non-hydrogen) atoms. The maximum Gasteiger partial charge on any atom is 0.255 e. The SMILES string of the molecule is CC(C)CCN(C(=O)c1ccc(Br)nc1)C1CCCC1. The van der Waals surface area contributed by atoms with Gasteiger partial charge in [-0.2, -0.15) is 0 Å². The van der Waals surface area contributed by atoms with E-state index in [1.165, 1.54) is 12.8 Å². The van der Waals surface area contributed by atoms with Crippen molar-refractivity contribution in [1.29, 1.82) is 0 Å². The molecule has 1 aromatic rings. The molecule has 110 valence electrons. The summed E-state index contributed by atoms with van der Waals surface area (Å²) in [6, 6.07) is 4.11. The maximum absolute atomic E-state index is 12.7. The number of pyridine rings is 1. The lowest BCUT2D eigenvalue weighted by Gasteiger charge is -2.29. The van der Waals surface area contributed by atoms with Gasteiger partial charge in [0.05, 0.1) is 5.56 Å². The second-order valence-corrected chi connectivity index (χ2v) is 6.80. The van der Waals surface area contributed by atoms with Gasteiger partial charge in [-0.15, -0.1) is 0 Å². The van der Waals surface area contributed by atoms with Gasteiger partial charge in [-0.1, -0.05) is 26.7 Å². The fourth-order valence-corrected chi connectivity index (χ4v) is 2.97. The average molecular weight is 339 g/mol. The van der Waals surface area contributed by atoms with Gasteiger partial charge in [0.25, 0.3) is 5.91 Å². The number of carbonyl (C=O) groups excluding carboxylic acids is 1. The molecule has 1 fully saturated rings. The second-order valence-electron chi connectivity index (χ2n) is 5.99. The van der Waals surface area contributed by atoms with Crippen molar-refractivity contribution in [2.75, 3.05) is 6.54 Å². The van der Waals surface area contributed by atoms with Crippen LogP contribution in [-0.4, -0.2) is 28.4 Å². The van der Waals surface area contributed by atoms with Crippen LogP contribution in [0.5, 0.6) is 0 Å². The smallest absolute Gasteiger partial charge is 0.255 e. The van der Waals surface area contributed by atoms with Gasteiger partial charge < -0.3 is 4.90 Å². The van der Waals surface area contributed by atoms with Crippen LogP contribution in [0.25, 0.3) is 0 Å². The highest BCUT2D eigenvalue weighted by molar-refractivity contribution is 9.10. The molecule has 1 heterocycles. The van der Waals surface area contributed by atoms with Crippen LogP contribution in [0, 0.1) is 5.92 Å². The molecule has 0 bridgehead atoms. The van der Waals surface area contributed by atoms with Crippen molar-refractivity contribution < 1.29 is 4.79 Å². The summed E-state index contributed by atoms with van der Waals surface area (Å²) in [5.41, 5.74) is 0.698. The monoisotopic (exact) mass is 338 g/mol. The van der Waals surface area contributed by atoms with Crippen molar-refractivity contribution in [3.05, 3.63) is 28.5 Å². The van der Waals surface area contributed by atoms with Gasteiger partial charge in [0.2, 0.25) is 0 Å². The van der Waals surface area contributed by atoms with Crippen molar-refractivity contribution in [3.63, 3.8) is 0 Å². The molecule has 1 aliphatic rings. The van der Waals surface area contributed by atoms with E-state index < -0.39 is 0 Å². The normalized spacial score (nSPS) is 15.8. The summed E-state index contributed by atoms with van der Waals surface area (Å²) in [5.74, 6) is 0.757. The number of amides is 1. The summed E-state index contributed by atoms with van der Waals surface area (Å²) in [4.78, 5) is 19.0. The van der Waals surface area contributed by atoms with Crippen LogP contribution >= 0.6 is 15.9 Å². The highest BCUT2D eigenvalue weighted by Gasteiger charge is 2.27. The van der Waals surface area contributed by atoms with Crippen molar-refractivity contribution in [1.82, 2.24) is 9.88 Å². The van der Waals surface area contributed by atoms with Gasteiger partial charge in [-0.3, -0.25) is 4.79 Å². The van der Waals surface area contributed by atoms with E-state index in [0.29, 0.717) is 17.5 Å². The Labute approximate surface area is 129 Å². The summed E-state index contributed by atoms with van der Waals surface area (Å²) >= 11 is 3.31. The minimum atomic E-state index is 0.137. The highest BCUT2D eigenvalue weighted by Crippen LogP contribution is 2.25. The summed E-state index contributed by atoms with van der Waals surface area (Å²) < 4.78 is 0.767. The Morgan fingerprint density at radius 3 is 2.65 bits per heavy atom. The van der Waals surface area contributed by atoms with E-state index in [0.717, 1.165) is 30.4 Å². The lowest BCUT2D eigenvalue weighted by Crippen LogP contribution is -2.40. The quantitative estimate of drug-likeness (QED) is 0.751. The number of hydrogen-bond donors (Lipinski definition) is 0. The van der Waals surface area contributed by atoms with E-state index >= 15 is 0 Å². The predicted molar refractivity (Wildman–Crippen MR) is 84.7 cm³/mol. The number of nitrogens with zero attached hydrogens (tertiary/aromatic N) is 2. The van der Waals surface area contributed by atoms with E-state index in [-0.39, 0.29) is 5.91 Å². The van der Waals surface area contributed by atoms with Crippen molar-refractivity contribution in [2.45, 2.75) is 52.0 Å². The lowest BCUT2D eigenvalue weighted by atomic mass is 10.1. The summed E-state index contributed by atoms with van der Waals surface area (Å²) in [5, 5.41) is 0. The Bertz CT molecular complexity index is 438. The third-order valence-electron chi connectivity index (χ3n) is 3.95. The lowest BCUT2D eigenvalue weighted by molar-refractivity contribution is 0.0671. The van der Waals surface area contributed by atoms with Crippen LogP contribution in [0.3, 0.4) is 0 Å². The van der Waals surface area contributed by atoms with Crippen LogP contribution < -0.4 is 0 Å². The first-order valence-corrected chi connectivity index (χ1v) is 8.29. The first kappa shape index (κ1) is 15.5. The van der Waals surface area contributed by atoms with E-state index in [1.807, 2.05) is 12.1 Å². The van der Waals surface area contributed by atoms with Gasteiger partial charge in [-0.25, -0.2) is 4.98 Å². The topological polar surface area (TPSA) is 33.2 Å². The fraction of sp³-hybridized carbons (Fsp3) is 0.625. The van der Waals surface area contributed by atoms with Gasteiger partial charge >= 0.3 is 0 Å². The number of rotatable bonds is 5. The summed E-state index contributed by atoms with van der Waals surface area (Å²) in [6.45, 7) is 5.27. The third kappa shape index (κ3) is 4.05. The third-order valence-corrected chi connectivity index (χ3v) is 4.42. The molecule has 0 N–H and O–H groups in total. The van der Waals surface area contributed by atoms with Crippen LogP contribution in [-0.2, 0) is 0 Å². The molecule has 1 aromatic heterocycles. The van der Waals surface area contributed by atoms with Crippen LogP contribution in [0.4, 0.5) is 0 Å². The first-order valence-electron chi connectivity index (χ1n) is 7.50. The minimum Gasteiger partial charge on any atom is -0.336 e. The van der Waals surface area contributed by atoms with Gasteiger partial charge in [0.1, 0.15) is 4.60 Å². The molecule has 1 amide bonds. The molecule has 0 saturated heterocycles. The zero-order valence-electron chi connectivity index (χ0n) is 12.3. The molecular weight excluding hydrogens is 316 g/mol. The Balaban J connectivity index is 2.11. The molecule has 2 rings (SSSR count). The molecule has 0 aromatic carbocycles. The molecule has 4 heteroatoms. The van der Waals surface area contributed by atoms with Gasteiger partial charge in [-0.05, 0) is 53.2 Å². The molecule has 0 unspecified atom stereocenters. The zero-order valence-corrected chi connectivity index (χ0v) is 13.9. The van der Waals surface area contributed by atoms with Crippen LogP contribution in [0.15, 0.2) is 22.9 Å². The average Bonchev–Trinajstić information content (AvgIpc) is 2.93. The van der Waals surface area contributed by atoms with E-state index in [2.05, 4.69) is 39.7 Å². The number of halogens is 1. The fourth-order valence-electron chi connectivity index (χ4n) is 2.73. The maximum atomic E-state index is 12.7. The molecule has 1 aliphatic carbocycles. The minimum absolute atomic E-state index is 0.137. The van der Waals surface area contributed by atoms with Crippen molar-refractivity contribution >= 4 is 21.8 Å². The van der Waals surface area contributed by atoms with Crippen LogP contribution in [0.2, 0.25) is 0 Å². The van der Waals surface area contributed by atoms with Crippen molar-refractivity contribution in [2.24, 2.45) is 5.92 Å². The van der Waals surface area contributed by atoms with Crippen molar-refractivity contribution in [3.8, 4) is 0 Å². The highest BCUT2D eigenvalue weighted by atomic mass is 79.9. The molecule has 3 nitrogen and oxygen atoms in total. The van der Waals surface area contributed by atoms with E-state index in [1.54, 1.807) is 6.20 Å². The molecule has 1 saturated carbocycles. The number of aromatic nitrogens is 1. The predicted octanol–water partition coefficient (Wildman–Crippen LogP) is 4.28. The number of hydrogen-bond acceptors (Lipinski definition) is 2. The summed E-state index contributed by atoms with van der Waals surface area (Å²) in [6.07, 6.45) is 7.51. The first-order chi connectivity index (χ1) is 9.58. The standard InChI is InChI=1S/C16H23BrN2O/c1-12(2)9-10-19(14-5-3-4-6-14)16(20)13-7-8-15(17)18-11-13/h7-8,11-12,14H,3-6,9-10H2,1-2H3. The second kappa shape index (κ2) is 7.21. The largest absolute Gasteiger partial charge is 0.336 e.